The maximum atomic E-state index is 12.0. The van der Waals surface area contributed by atoms with Gasteiger partial charge in [-0.2, -0.15) is 5.10 Å². The van der Waals surface area contributed by atoms with Crippen molar-refractivity contribution in [3.63, 3.8) is 0 Å². The van der Waals surface area contributed by atoms with Crippen molar-refractivity contribution in [2.24, 2.45) is 0 Å². The van der Waals surface area contributed by atoms with Gasteiger partial charge in [0.15, 0.2) is 0 Å². The van der Waals surface area contributed by atoms with Crippen molar-refractivity contribution in [1.29, 1.82) is 0 Å². The van der Waals surface area contributed by atoms with Crippen molar-refractivity contribution in [3.05, 3.63) is 119 Å². The lowest BCUT2D eigenvalue weighted by molar-refractivity contribution is -0.130. The minimum absolute atomic E-state index is 0.125. The Morgan fingerprint density at radius 2 is 1.58 bits per heavy atom. The maximum absolute atomic E-state index is 12.0. The van der Waals surface area contributed by atoms with Gasteiger partial charge in [-0.25, -0.2) is 9.48 Å². The summed E-state index contributed by atoms with van der Waals surface area (Å²) >= 11 is 6.09. The zero-order chi connectivity index (χ0) is 22.8. The molecule has 1 heterocycles. The standard InChI is InChI=1S/C28H19ClN2O2/c29-23-12-6-11-22(15-23)26(28(32)33)17-24-18-27(20-8-2-1-3-9-20)31(30-24)25-14-13-19-7-4-5-10-21(19)16-25/h1-18H,(H,32,33)/b26-17-. The molecule has 0 aliphatic carbocycles. The van der Waals surface area contributed by atoms with Crippen LogP contribution in [-0.2, 0) is 4.79 Å². The SMILES string of the molecule is O=C(O)/C(=C\c1cc(-c2ccccc2)n(-c2ccc3ccccc3c2)n1)c1cccc(Cl)c1. The number of hydrogen-bond donors (Lipinski definition) is 1. The van der Waals surface area contributed by atoms with Crippen LogP contribution in [0.5, 0.6) is 0 Å². The molecule has 0 spiro atoms. The van der Waals surface area contributed by atoms with E-state index in [0.717, 1.165) is 27.7 Å². The van der Waals surface area contributed by atoms with Gasteiger partial charge in [-0.3, -0.25) is 0 Å². The Balaban J connectivity index is 1.68. The summed E-state index contributed by atoms with van der Waals surface area (Å²) in [6.45, 7) is 0. The third kappa shape index (κ3) is 4.29. The van der Waals surface area contributed by atoms with Crippen molar-refractivity contribution < 1.29 is 9.90 Å². The summed E-state index contributed by atoms with van der Waals surface area (Å²) in [4.78, 5) is 12.0. The highest BCUT2D eigenvalue weighted by Gasteiger charge is 2.15. The number of carbonyl (C=O) groups is 1. The van der Waals surface area contributed by atoms with Crippen LogP contribution in [0, 0.1) is 0 Å². The van der Waals surface area contributed by atoms with E-state index in [1.54, 1.807) is 30.3 Å². The highest BCUT2D eigenvalue weighted by atomic mass is 35.5. The van der Waals surface area contributed by atoms with Gasteiger partial charge in [0.05, 0.1) is 22.6 Å². The molecule has 1 N–H and O–H groups in total. The van der Waals surface area contributed by atoms with Crippen LogP contribution >= 0.6 is 11.6 Å². The van der Waals surface area contributed by atoms with Crippen molar-refractivity contribution >= 4 is 40.0 Å². The van der Waals surface area contributed by atoms with Crippen LogP contribution in [0.3, 0.4) is 0 Å². The molecule has 33 heavy (non-hydrogen) atoms. The molecule has 0 fully saturated rings. The Bertz CT molecular complexity index is 1500. The molecule has 0 radical (unpaired) electrons. The van der Waals surface area contributed by atoms with Crippen LogP contribution in [0.2, 0.25) is 5.02 Å². The molecule has 0 aliphatic rings. The van der Waals surface area contributed by atoms with E-state index in [4.69, 9.17) is 16.7 Å². The van der Waals surface area contributed by atoms with E-state index < -0.39 is 5.97 Å². The molecule has 160 valence electrons. The van der Waals surface area contributed by atoms with E-state index in [2.05, 4.69) is 24.3 Å². The third-order valence-corrected chi connectivity index (χ3v) is 5.67. The summed E-state index contributed by atoms with van der Waals surface area (Å²) in [7, 11) is 0. The first-order valence-corrected chi connectivity index (χ1v) is 10.8. The number of aromatic nitrogens is 2. The average Bonchev–Trinajstić information content (AvgIpc) is 3.27. The number of nitrogens with zero attached hydrogens (tertiary/aromatic N) is 2. The number of carboxylic acid groups (broad SMARTS) is 1. The van der Waals surface area contributed by atoms with E-state index in [9.17, 15) is 9.90 Å². The van der Waals surface area contributed by atoms with Crippen LogP contribution in [0.1, 0.15) is 11.3 Å². The van der Waals surface area contributed by atoms with Crippen LogP contribution in [0.25, 0.3) is 39.4 Å². The molecule has 0 bridgehead atoms. The Labute approximate surface area is 196 Å². The van der Waals surface area contributed by atoms with Crippen LogP contribution in [0.15, 0.2) is 103 Å². The summed E-state index contributed by atoms with van der Waals surface area (Å²) in [5.41, 5.74) is 3.94. The first-order valence-electron chi connectivity index (χ1n) is 10.4. The van der Waals surface area contributed by atoms with E-state index in [1.165, 1.54) is 0 Å². The molecule has 4 aromatic carbocycles. The predicted octanol–water partition coefficient (Wildman–Crippen LogP) is 6.97. The van der Waals surface area contributed by atoms with E-state index in [-0.39, 0.29) is 5.57 Å². The van der Waals surface area contributed by atoms with Crippen molar-refractivity contribution in [3.8, 4) is 16.9 Å². The van der Waals surface area contributed by atoms with Gasteiger partial charge in [0, 0.05) is 10.6 Å². The van der Waals surface area contributed by atoms with Gasteiger partial charge in [-0.05, 0) is 52.7 Å². The minimum Gasteiger partial charge on any atom is -0.478 e. The van der Waals surface area contributed by atoms with Crippen molar-refractivity contribution in [2.45, 2.75) is 0 Å². The lowest BCUT2D eigenvalue weighted by Crippen LogP contribution is -2.01. The fourth-order valence-corrected chi connectivity index (χ4v) is 4.05. The average molecular weight is 451 g/mol. The second-order valence-electron chi connectivity index (χ2n) is 7.64. The number of rotatable bonds is 5. The lowest BCUT2D eigenvalue weighted by atomic mass is 10.0. The Morgan fingerprint density at radius 1 is 0.818 bits per heavy atom. The first kappa shape index (κ1) is 20.7. The largest absolute Gasteiger partial charge is 0.478 e. The molecule has 0 amide bonds. The fraction of sp³-hybridized carbons (Fsp3) is 0. The Kier molecular flexibility index (Phi) is 5.51. The van der Waals surface area contributed by atoms with E-state index in [0.29, 0.717) is 16.3 Å². The minimum atomic E-state index is -1.04. The monoisotopic (exact) mass is 450 g/mol. The van der Waals surface area contributed by atoms with E-state index in [1.807, 2.05) is 59.3 Å². The number of carboxylic acids is 1. The topological polar surface area (TPSA) is 55.1 Å². The van der Waals surface area contributed by atoms with Gasteiger partial charge >= 0.3 is 5.97 Å². The van der Waals surface area contributed by atoms with Gasteiger partial charge in [-0.1, -0.05) is 84.4 Å². The van der Waals surface area contributed by atoms with Gasteiger partial charge in [0.1, 0.15) is 0 Å². The maximum Gasteiger partial charge on any atom is 0.336 e. The van der Waals surface area contributed by atoms with E-state index >= 15 is 0 Å². The fourth-order valence-electron chi connectivity index (χ4n) is 3.86. The van der Waals surface area contributed by atoms with Crippen molar-refractivity contribution in [1.82, 2.24) is 9.78 Å². The predicted molar refractivity (Wildman–Crippen MR) is 133 cm³/mol. The summed E-state index contributed by atoms with van der Waals surface area (Å²) < 4.78 is 1.85. The van der Waals surface area contributed by atoms with Gasteiger partial charge < -0.3 is 5.11 Å². The zero-order valence-corrected chi connectivity index (χ0v) is 18.3. The number of halogens is 1. The molecule has 5 aromatic rings. The normalized spacial score (nSPS) is 11.6. The Morgan fingerprint density at radius 3 is 2.33 bits per heavy atom. The summed E-state index contributed by atoms with van der Waals surface area (Å²) in [5.74, 6) is -1.04. The lowest BCUT2D eigenvalue weighted by Gasteiger charge is -2.09. The molecule has 1 aromatic heterocycles. The first-order chi connectivity index (χ1) is 16.1. The van der Waals surface area contributed by atoms with Crippen LogP contribution < -0.4 is 0 Å². The van der Waals surface area contributed by atoms with Gasteiger partial charge in [0.2, 0.25) is 0 Å². The molecule has 4 nitrogen and oxygen atoms in total. The zero-order valence-electron chi connectivity index (χ0n) is 17.5. The smallest absolute Gasteiger partial charge is 0.336 e. The number of aliphatic carboxylic acids is 1. The highest BCUT2D eigenvalue weighted by molar-refractivity contribution is 6.31. The van der Waals surface area contributed by atoms with Crippen LogP contribution in [-0.4, -0.2) is 20.9 Å². The van der Waals surface area contributed by atoms with Gasteiger partial charge in [0.25, 0.3) is 0 Å². The second-order valence-corrected chi connectivity index (χ2v) is 8.07. The number of hydrogen-bond acceptors (Lipinski definition) is 2. The molecule has 0 atom stereocenters. The number of fused-ring (bicyclic) bond motifs is 1. The third-order valence-electron chi connectivity index (χ3n) is 5.43. The highest BCUT2D eigenvalue weighted by Crippen LogP contribution is 2.28. The Hall–Kier alpha value is -4.15. The summed E-state index contributed by atoms with van der Waals surface area (Å²) in [5, 5.41) is 17.4. The number of benzene rings is 4. The molecule has 0 unspecified atom stereocenters. The quantitative estimate of drug-likeness (QED) is 0.294. The molecular weight excluding hydrogens is 432 g/mol. The molecule has 0 saturated carbocycles. The molecular formula is C28H19ClN2O2. The van der Waals surface area contributed by atoms with Crippen LogP contribution in [0.4, 0.5) is 0 Å². The van der Waals surface area contributed by atoms with Gasteiger partial charge in [-0.15, -0.1) is 0 Å². The molecule has 5 rings (SSSR count). The second kappa shape index (κ2) is 8.77. The molecule has 0 saturated heterocycles. The summed E-state index contributed by atoms with van der Waals surface area (Å²) in [6.07, 6.45) is 1.58. The molecule has 5 heteroatoms. The molecule has 0 aliphatic heterocycles. The summed E-state index contributed by atoms with van der Waals surface area (Å²) in [6, 6.07) is 32.9. The van der Waals surface area contributed by atoms with Crippen molar-refractivity contribution in [2.75, 3.05) is 0 Å².